The third kappa shape index (κ3) is 2.73. The molecule has 8 heteroatoms. The van der Waals surface area contributed by atoms with Gasteiger partial charge in [0.05, 0.1) is 18.6 Å². The Labute approximate surface area is 111 Å². The molecule has 0 unspecified atom stereocenters. The minimum atomic E-state index is -3.47. The number of ether oxygens (including phenoxy) is 1. The van der Waals surface area contributed by atoms with E-state index < -0.39 is 9.84 Å². The molecule has 0 saturated heterocycles. The summed E-state index contributed by atoms with van der Waals surface area (Å²) in [5, 5.41) is 10.6. The van der Waals surface area contributed by atoms with Crippen LogP contribution >= 0.6 is 0 Å². The Kier molecular flexibility index (Phi) is 3.79. The lowest BCUT2D eigenvalue weighted by molar-refractivity contribution is 0.414. The van der Waals surface area contributed by atoms with Crippen LogP contribution in [0.1, 0.15) is 13.3 Å². The van der Waals surface area contributed by atoms with Gasteiger partial charge in [-0.1, -0.05) is 12.0 Å². The SMILES string of the molecule is CCCS(=O)(=O)c1nnnn1-c1ccc(OC)cc1. The standard InChI is InChI=1S/C11H14N4O3S/c1-3-8-19(16,17)11-12-13-14-15(11)9-4-6-10(18-2)7-5-9/h4-7H,3,8H2,1-2H3. The lowest BCUT2D eigenvalue weighted by Crippen LogP contribution is -2.13. The molecule has 1 heterocycles. The molecule has 0 aliphatic rings. The molecule has 0 spiro atoms. The van der Waals surface area contributed by atoms with E-state index in [1.165, 1.54) is 4.68 Å². The Bertz CT molecular complexity index is 649. The number of nitrogens with zero attached hydrogens (tertiary/aromatic N) is 4. The van der Waals surface area contributed by atoms with Crippen molar-refractivity contribution in [1.82, 2.24) is 20.2 Å². The van der Waals surface area contributed by atoms with Gasteiger partial charge in [0.2, 0.25) is 9.84 Å². The molecule has 0 N–H and O–H groups in total. The van der Waals surface area contributed by atoms with Crippen LogP contribution in [0.4, 0.5) is 0 Å². The van der Waals surface area contributed by atoms with E-state index in [0.29, 0.717) is 17.9 Å². The summed E-state index contributed by atoms with van der Waals surface area (Å²) in [6.45, 7) is 1.79. The van der Waals surface area contributed by atoms with Gasteiger partial charge in [-0.25, -0.2) is 8.42 Å². The summed E-state index contributed by atoms with van der Waals surface area (Å²) >= 11 is 0. The van der Waals surface area contributed by atoms with E-state index in [9.17, 15) is 8.42 Å². The molecule has 2 aromatic rings. The van der Waals surface area contributed by atoms with Crippen LogP contribution in [0, 0.1) is 0 Å². The second-order valence-corrected chi connectivity index (χ2v) is 5.89. The van der Waals surface area contributed by atoms with E-state index in [2.05, 4.69) is 15.5 Å². The molecular formula is C11H14N4O3S. The zero-order valence-electron chi connectivity index (χ0n) is 10.6. The summed E-state index contributed by atoms with van der Waals surface area (Å²) in [7, 11) is -1.91. The van der Waals surface area contributed by atoms with Crippen molar-refractivity contribution in [2.24, 2.45) is 0 Å². The highest BCUT2D eigenvalue weighted by Gasteiger charge is 2.22. The van der Waals surface area contributed by atoms with Gasteiger partial charge >= 0.3 is 0 Å². The van der Waals surface area contributed by atoms with Crippen molar-refractivity contribution in [1.29, 1.82) is 0 Å². The van der Waals surface area contributed by atoms with E-state index in [1.54, 1.807) is 38.3 Å². The van der Waals surface area contributed by atoms with E-state index in [4.69, 9.17) is 4.74 Å². The molecule has 2 rings (SSSR count). The number of hydrogen-bond donors (Lipinski definition) is 0. The highest BCUT2D eigenvalue weighted by Crippen LogP contribution is 2.17. The van der Waals surface area contributed by atoms with Gasteiger partial charge in [-0.05, 0) is 41.1 Å². The third-order valence-corrected chi connectivity index (χ3v) is 4.27. The molecule has 0 saturated carbocycles. The summed E-state index contributed by atoms with van der Waals surface area (Å²) in [5.74, 6) is 0.693. The second-order valence-electron chi connectivity index (χ2n) is 3.89. The van der Waals surface area contributed by atoms with Crippen molar-refractivity contribution in [2.75, 3.05) is 12.9 Å². The Hall–Kier alpha value is -1.96. The largest absolute Gasteiger partial charge is 0.497 e. The zero-order chi connectivity index (χ0) is 13.9. The Morgan fingerprint density at radius 1 is 1.26 bits per heavy atom. The molecule has 0 fully saturated rings. The van der Waals surface area contributed by atoms with Crippen molar-refractivity contribution in [3.63, 3.8) is 0 Å². The van der Waals surface area contributed by atoms with Crippen molar-refractivity contribution < 1.29 is 13.2 Å². The van der Waals surface area contributed by atoms with Gasteiger partial charge in [-0.15, -0.1) is 0 Å². The average molecular weight is 282 g/mol. The number of tetrazole rings is 1. The average Bonchev–Trinajstić information content (AvgIpc) is 2.89. The molecule has 0 radical (unpaired) electrons. The topological polar surface area (TPSA) is 87.0 Å². The van der Waals surface area contributed by atoms with Crippen LogP contribution in [0.25, 0.3) is 5.69 Å². The summed E-state index contributed by atoms with van der Waals surface area (Å²) in [5.41, 5.74) is 0.570. The minimum Gasteiger partial charge on any atom is -0.497 e. The highest BCUT2D eigenvalue weighted by molar-refractivity contribution is 7.91. The molecule has 0 amide bonds. The van der Waals surface area contributed by atoms with Gasteiger partial charge in [0.1, 0.15) is 5.75 Å². The number of hydrogen-bond acceptors (Lipinski definition) is 6. The van der Waals surface area contributed by atoms with Gasteiger partial charge in [0, 0.05) is 0 Å². The van der Waals surface area contributed by atoms with Crippen LogP contribution in [-0.2, 0) is 9.84 Å². The minimum absolute atomic E-state index is 0.0174. The van der Waals surface area contributed by atoms with Crippen molar-refractivity contribution in [3.05, 3.63) is 24.3 Å². The van der Waals surface area contributed by atoms with Gasteiger partial charge in [-0.3, -0.25) is 0 Å². The van der Waals surface area contributed by atoms with E-state index >= 15 is 0 Å². The predicted octanol–water partition coefficient (Wildman–Crippen LogP) is 0.855. The molecule has 0 atom stereocenters. The monoisotopic (exact) mass is 282 g/mol. The summed E-state index contributed by atoms with van der Waals surface area (Å²) in [4.78, 5) is 0. The number of methoxy groups -OCH3 is 1. The van der Waals surface area contributed by atoms with Crippen LogP contribution in [-0.4, -0.2) is 41.5 Å². The van der Waals surface area contributed by atoms with Crippen molar-refractivity contribution in [2.45, 2.75) is 18.5 Å². The smallest absolute Gasteiger partial charge is 0.272 e. The molecule has 1 aromatic heterocycles. The van der Waals surface area contributed by atoms with Gasteiger partial charge in [-0.2, -0.15) is 4.68 Å². The van der Waals surface area contributed by atoms with E-state index in [-0.39, 0.29) is 10.9 Å². The second kappa shape index (κ2) is 5.35. The maximum absolute atomic E-state index is 12.0. The van der Waals surface area contributed by atoms with E-state index in [1.807, 2.05) is 0 Å². The van der Waals surface area contributed by atoms with Crippen LogP contribution in [0.5, 0.6) is 5.75 Å². The van der Waals surface area contributed by atoms with Crippen molar-refractivity contribution >= 4 is 9.84 Å². The highest BCUT2D eigenvalue weighted by atomic mass is 32.2. The third-order valence-electron chi connectivity index (χ3n) is 2.51. The first-order valence-electron chi connectivity index (χ1n) is 5.74. The molecular weight excluding hydrogens is 268 g/mol. The Balaban J connectivity index is 2.44. The van der Waals surface area contributed by atoms with E-state index in [0.717, 1.165) is 0 Å². The van der Waals surface area contributed by atoms with Gasteiger partial charge < -0.3 is 4.74 Å². The quantitative estimate of drug-likeness (QED) is 0.808. The molecule has 0 aliphatic heterocycles. The Morgan fingerprint density at radius 2 is 1.95 bits per heavy atom. The molecule has 0 aliphatic carbocycles. The molecule has 1 aromatic carbocycles. The number of benzene rings is 1. The van der Waals surface area contributed by atoms with Gasteiger partial charge in [0.15, 0.2) is 0 Å². The molecule has 102 valence electrons. The number of sulfone groups is 1. The predicted molar refractivity (Wildman–Crippen MR) is 68.0 cm³/mol. The molecule has 19 heavy (non-hydrogen) atoms. The zero-order valence-corrected chi connectivity index (χ0v) is 11.5. The Morgan fingerprint density at radius 3 is 2.53 bits per heavy atom. The van der Waals surface area contributed by atoms with Crippen LogP contribution in [0.2, 0.25) is 0 Å². The van der Waals surface area contributed by atoms with Crippen LogP contribution in [0.15, 0.2) is 29.4 Å². The fraction of sp³-hybridized carbons (Fsp3) is 0.364. The maximum Gasteiger partial charge on any atom is 0.272 e. The lowest BCUT2D eigenvalue weighted by atomic mass is 10.3. The number of rotatable bonds is 5. The lowest BCUT2D eigenvalue weighted by Gasteiger charge is -2.05. The molecule has 0 bridgehead atoms. The first-order chi connectivity index (χ1) is 9.08. The van der Waals surface area contributed by atoms with Crippen LogP contribution in [0.3, 0.4) is 0 Å². The fourth-order valence-electron chi connectivity index (χ4n) is 1.62. The first kappa shape index (κ1) is 13.5. The molecule has 7 nitrogen and oxygen atoms in total. The number of aromatic nitrogens is 4. The normalized spacial score (nSPS) is 11.5. The van der Waals surface area contributed by atoms with Crippen LogP contribution < -0.4 is 4.74 Å². The summed E-state index contributed by atoms with van der Waals surface area (Å²) in [6, 6.07) is 6.82. The fourth-order valence-corrected chi connectivity index (χ4v) is 2.90. The first-order valence-corrected chi connectivity index (χ1v) is 7.39. The van der Waals surface area contributed by atoms with Gasteiger partial charge in [0.25, 0.3) is 5.16 Å². The summed E-state index contributed by atoms with van der Waals surface area (Å²) < 4.78 is 30.3. The summed E-state index contributed by atoms with van der Waals surface area (Å²) in [6.07, 6.45) is 0.512. The van der Waals surface area contributed by atoms with Crippen molar-refractivity contribution in [3.8, 4) is 11.4 Å². The maximum atomic E-state index is 12.0.